The molecular weight excluding hydrogens is 392 g/mol. The fourth-order valence-electron chi connectivity index (χ4n) is 4.60. The highest BCUT2D eigenvalue weighted by Crippen LogP contribution is 2.20. The molecule has 0 aromatic heterocycles. The van der Waals surface area contributed by atoms with Crippen molar-refractivity contribution in [1.82, 2.24) is 0 Å². The van der Waals surface area contributed by atoms with E-state index in [2.05, 4.69) is 20.8 Å². The van der Waals surface area contributed by atoms with Crippen molar-refractivity contribution in [3.63, 3.8) is 0 Å². The lowest BCUT2D eigenvalue weighted by Crippen LogP contribution is -2.14. The molecule has 0 amide bonds. The average Bonchev–Trinajstić information content (AvgIpc) is 2.80. The highest BCUT2D eigenvalue weighted by molar-refractivity contribution is 5.69. The lowest BCUT2D eigenvalue weighted by molar-refractivity contribution is -0.145. The van der Waals surface area contributed by atoms with E-state index in [0.29, 0.717) is 18.9 Å². The SMILES string of the molecule is CCCCCCCCCCC(CCCCCCCC)COC(=O)CCCCCCCCC. The number of esters is 1. The number of rotatable bonds is 26. The minimum absolute atomic E-state index is 0.0439. The van der Waals surface area contributed by atoms with Crippen molar-refractivity contribution < 1.29 is 9.53 Å². The van der Waals surface area contributed by atoms with Crippen molar-refractivity contribution in [2.45, 2.75) is 175 Å². The van der Waals surface area contributed by atoms with Crippen LogP contribution >= 0.6 is 0 Å². The Hall–Kier alpha value is -0.530. The molecule has 0 saturated heterocycles. The molecule has 0 heterocycles. The molecule has 0 aromatic carbocycles. The van der Waals surface area contributed by atoms with Gasteiger partial charge in [-0.05, 0) is 25.2 Å². The smallest absolute Gasteiger partial charge is 0.305 e. The van der Waals surface area contributed by atoms with Gasteiger partial charge in [-0.2, -0.15) is 0 Å². The van der Waals surface area contributed by atoms with Crippen LogP contribution in [-0.2, 0) is 9.53 Å². The van der Waals surface area contributed by atoms with Crippen LogP contribution in [0.15, 0.2) is 0 Å². The van der Waals surface area contributed by atoms with E-state index >= 15 is 0 Å². The maximum absolute atomic E-state index is 12.2. The van der Waals surface area contributed by atoms with Crippen molar-refractivity contribution in [2.24, 2.45) is 5.92 Å². The van der Waals surface area contributed by atoms with Crippen LogP contribution in [0, 0.1) is 5.92 Å². The van der Waals surface area contributed by atoms with Crippen LogP contribution in [0.1, 0.15) is 175 Å². The van der Waals surface area contributed by atoms with Gasteiger partial charge in [0.2, 0.25) is 0 Å². The summed E-state index contributed by atoms with van der Waals surface area (Å²) < 4.78 is 5.73. The first-order chi connectivity index (χ1) is 15.7. The first-order valence-electron chi connectivity index (χ1n) is 14.9. The Morgan fingerprint density at radius 2 is 0.844 bits per heavy atom. The van der Waals surface area contributed by atoms with Crippen LogP contribution < -0.4 is 0 Å². The molecule has 192 valence electrons. The lowest BCUT2D eigenvalue weighted by atomic mass is 9.94. The van der Waals surface area contributed by atoms with E-state index in [9.17, 15) is 4.79 Å². The van der Waals surface area contributed by atoms with Gasteiger partial charge in [0.15, 0.2) is 0 Å². The second-order valence-corrected chi connectivity index (χ2v) is 10.2. The molecule has 0 rings (SSSR count). The van der Waals surface area contributed by atoms with E-state index in [0.717, 1.165) is 6.42 Å². The summed E-state index contributed by atoms with van der Waals surface area (Å²) in [6, 6.07) is 0. The van der Waals surface area contributed by atoms with Gasteiger partial charge in [-0.3, -0.25) is 4.79 Å². The molecule has 32 heavy (non-hydrogen) atoms. The molecular formula is C30H60O2. The molecule has 0 aliphatic carbocycles. The van der Waals surface area contributed by atoms with Crippen molar-refractivity contribution in [3.05, 3.63) is 0 Å². The predicted octanol–water partition coefficient (Wildman–Crippen LogP) is 10.6. The van der Waals surface area contributed by atoms with Crippen molar-refractivity contribution in [1.29, 1.82) is 0 Å². The summed E-state index contributed by atoms with van der Waals surface area (Å²) in [6.45, 7) is 7.48. The Bertz CT molecular complexity index is 366. The van der Waals surface area contributed by atoms with Gasteiger partial charge in [-0.15, -0.1) is 0 Å². The second-order valence-electron chi connectivity index (χ2n) is 10.2. The quantitative estimate of drug-likeness (QED) is 0.0963. The third kappa shape index (κ3) is 24.1. The molecule has 0 aromatic rings. The molecule has 0 N–H and O–H groups in total. The summed E-state index contributed by atoms with van der Waals surface area (Å²) in [5, 5.41) is 0. The first-order valence-corrected chi connectivity index (χ1v) is 14.9. The van der Waals surface area contributed by atoms with Gasteiger partial charge in [0, 0.05) is 6.42 Å². The van der Waals surface area contributed by atoms with E-state index in [4.69, 9.17) is 4.74 Å². The highest BCUT2D eigenvalue weighted by Gasteiger charge is 2.12. The van der Waals surface area contributed by atoms with Crippen LogP contribution in [0.3, 0.4) is 0 Å². The molecule has 0 bridgehead atoms. The van der Waals surface area contributed by atoms with Gasteiger partial charge in [-0.25, -0.2) is 0 Å². The zero-order chi connectivity index (χ0) is 23.5. The number of carbonyl (C=O) groups is 1. The molecule has 0 aliphatic heterocycles. The Labute approximate surface area is 203 Å². The molecule has 0 fully saturated rings. The Morgan fingerprint density at radius 1 is 0.500 bits per heavy atom. The number of carbonyl (C=O) groups excluding carboxylic acids is 1. The zero-order valence-electron chi connectivity index (χ0n) is 22.6. The molecule has 0 aliphatic rings. The number of hydrogen-bond donors (Lipinski definition) is 0. The standard InChI is InChI=1S/C30H60O2/c1-4-7-10-13-16-18-20-23-26-29(25-22-19-15-12-9-6-3)28-32-30(31)27-24-21-17-14-11-8-5-2/h29H,4-28H2,1-3H3. The maximum atomic E-state index is 12.2. The van der Waals surface area contributed by atoms with Crippen LogP contribution in [0.2, 0.25) is 0 Å². The normalized spacial score (nSPS) is 12.2. The van der Waals surface area contributed by atoms with Gasteiger partial charge in [0.25, 0.3) is 0 Å². The van der Waals surface area contributed by atoms with E-state index in [1.807, 2.05) is 0 Å². The Morgan fingerprint density at radius 3 is 1.25 bits per heavy atom. The molecule has 2 nitrogen and oxygen atoms in total. The maximum Gasteiger partial charge on any atom is 0.305 e. The summed E-state index contributed by atoms with van der Waals surface area (Å²) in [4.78, 5) is 12.2. The van der Waals surface area contributed by atoms with E-state index < -0.39 is 0 Å². The van der Waals surface area contributed by atoms with Crippen molar-refractivity contribution in [2.75, 3.05) is 6.61 Å². The van der Waals surface area contributed by atoms with Crippen LogP contribution in [-0.4, -0.2) is 12.6 Å². The van der Waals surface area contributed by atoms with Crippen LogP contribution in [0.5, 0.6) is 0 Å². The Kier molecular flexibility index (Phi) is 26.3. The molecule has 2 heteroatoms. The van der Waals surface area contributed by atoms with E-state index in [1.165, 1.54) is 141 Å². The second kappa shape index (κ2) is 26.7. The zero-order valence-corrected chi connectivity index (χ0v) is 22.6. The topological polar surface area (TPSA) is 26.3 Å². The summed E-state index contributed by atoms with van der Waals surface area (Å²) >= 11 is 0. The van der Waals surface area contributed by atoms with Gasteiger partial charge in [0.1, 0.15) is 0 Å². The Balaban J connectivity index is 3.97. The number of unbranched alkanes of at least 4 members (excludes halogenated alkanes) is 18. The third-order valence-electron chi connectivity index (χ3n) is 6.90. The fraction of sp³-hybridized carbons (Fsp3) is 0.967. The van der Waals surface area contributed by atoms with E-state index in [1.54, 1.807) is 0 Å². The van der Waals surface area contributed by atoms with Crippen LogP contribution in [0.4, 0.5) is 0 Å². The lowest BCUT2D eigenvalue weighted by Gasteiger charge is -2.17. The molecule has 0 saturated carbocycles. The molecule has 1 unspecified atom stereocenters. The summed E-state index contributed by atoms with van der Waals surface area (Å²) in [7, 11) is 0. The number of ether oxygens (including phenoxy) is 1. The van der Waals surface area contributed by atoms with Gasteiger partial charge in [-0.1, -0.05) is 149 Å². The predicted molar refractivity (Wildman–Crippen MR) is 142 cm³/mol. The first kappa shape index (κ1) is 31.5. The summed E-state index contributed by atoms with van der Waals surface area (Å²) in [5.74, 6) is 0.627. The monoisotopic (exact) mass is 452 g/mol. The van der Waals surface area contributed by atoms with Gasteiger partial charge in [0.05, 0.1) is 6.61 Å². The highest BCUT2D eigenvalue weighted by atomic mass is 16.5. The largest absolute Gasteiger partial charge is 0.465 e. The van der Waals surface area contributed by atoms with Crippen molar-refractivity contribution in [3.8, 4) is 0 Å². The minimum atomic E-state index is 0.0439. The molecule has 0 radical (unpaired) electrons. The van der Waals surface area contributed by atoms with Gasteiger partial charge < -0.3 is 4.74 Å². The number of hydrogen-bond acceptors (Lipinski definition) is 2. The summed E-state index contributed by atoms with van der Waals surface area (Å²) in [5.41, 5.74) is 0. The third-order valence-corrected chi connectivity index (χ3v) is 6.90. The van der Waals surface area contributed by atoms with Crippen LogP contribution in [0.25, 0.3) is 0 Å². The molecule has 1 atom stereocenters. The summed E-state index contributed by atoms with van der Waals surface area (Å²) in [6.07, 6.45) is 31.0. The minimum Gasteiger partial charge on any atom is -0.465 e. The van der Waals surface area contributed by atoms with E-state index in [-0.39, 0.29) is 5.97 Å². The average molecular weight is 453 g/mol. The van der Waals surface area contributed by atoms with Gasteiger partial charge >= 0.3 is 5.97 Å². The fourth-order valence-corrected chi connectivity index (χ4v) is 4.60. The molecule has 0 spiro atoms. The van der Waals surface area contributed by atoms with Crippen molar-refractivity contribution >= 4 is 5.97 Å².